The Kier molecular flexibility index (Phi) is 4.32. The lowest BCUT2D eigenvalue weighted by Gasteiger charge is -2.13. The van der Waals surface area contributed by atoms with Gasteiger partial charge in [0.15, 0.2) is 6.10 Å². The van der Waals surface area contributed by atoms with E-state index < -0.39 is 33.3 Å². The average Bonchev–Trinajstić information content (AvgIpc) is 1.96. The normalized spacial score (nSPS) is 15.9. The number of aliphatic carboxylic acids is 2. The lowest BCUT2D eigenvalue weighted by atomic mass is 10.2. The molecule has 0 saturated carbocycles. The zero-order valence-corrected chi connectivity index (χ0v) is 8.10. The van der Waals surface area contributed by atoms with Gasteiger partial charge in [0.25, 0.3) is 0 Å². The van der Waals surface area contributed by atoms with Gasteiger partial charge in [-0.15, -0.1) is 0 Å². The van der Waals surface area contributed by atoms with E-state index in [0.717, 1.165) is 0 Å². The summed E-state index contributed by atoms with van der Waals surface area (Å²) in [7, 11) is -4.46. The third-order valence-corrected chi connectivity index (χ3v) is 1.72. The van der Waals surface area contributed by atoms with E-state index in [1.165, 1.54) is 0 Å². The van der Waals surface area contributed by atoms with Gasteiger partial charge in [0.1, 0.15) is 0 Å². The van der Waals surface area contributed by atoms with Gasteiger partial charge in [-0.25, -0.2) is 13.8 Å². The molecule has 2 atom stereocenters. The zero-order chi connectivity index (χ0) is 11.5. The third-order valence-electron chi connectivity index (χ3n) is 1.01. The molecule has 2 unspecified atom stereocenters. The van der Waals surface area contributed by atoms with Crippen LogP contribution in [0.2, 0.25) is 0 Å². The second-order valence-electron chi connectivity index (χ2n) is 2.07. The van der Waals surface area contributed by atoms with Gasteiger partial charge in [-0.1, -0.05) is 0 Å². The first-order chi connectivity index (χ1) is 6.15. The highest BCUT2D eigenvalue weighted by Crippen LogP contribution is 2.08. The molecule has 8 nitrogen and oxygen atoms in total. The van der Waals surface area contributed by atoms with Crippen molar-refractivity contribution < 1.29 is 37.5 Å². The minimum Gasteiger partial charge on any atom is -0.479 e. The first-order valence-electron chi connectivity index (χ1n) is 2.94. The molecule has 3 N–H and O–H groups in total. The molecule has 0 aromatic heterocycles. The Morgan fingerprint density at radius 2 is 1.64 bits per heavy atom. The quantitative estimate of drug-likeness (QED) is 0.325. The van der Waals surface area contributed by atoms with Gasteiger partial charge in [-0.05, 0) is 11.7 Å². The van der Waals surface area contributed by atoms with Crippen molar-refractivity contribution in [1.82, 2.24) is 0 Å². The van der Waals surface area contributed by atoms with Crippen LogP contribution in [0.15, 0.2) is 0 Å². The molecule has 0 saturated heterocycles. The largest absolute Gasteiger partial charge is 0.479 e. The van der Waals surface area contributed by atoms with Crippen molar-refractivity contribution in [3.8, 4) is 0 Å². The predicted molar refractivity (Wildman–Crippen MR) is 44.1 cm³/mol. The Hall–Kier alpha value is -0.840. The number of hydrogen-bond acceptors (Lipinski definition) is 6. The van der Waals surface area contributed by atoms with Gasteiger partial charge in [-0.3, -0.25) is 0 Å². The highest BCUT2D eigenvalue weighted by atomic mass is 33.1. The van der Waals surface area contributed by atoms with E-state index in [4.69, 9.17) is 15.3 Å². The lowest BCUT2D eigenvalue weighted by Crippen LogP contribution is -2.42. The van der Waals surface area contributed by atoms with Crippen molar-refractivity contribution in [2.75, 3.05) is 0 Å². The van der Waals surface area contributed by atoms with Crippen LogP contribution < -0.4 is 0 Å². The van der Waals surface area contributed by atoms with Crippen molar-refractivity contribution >= 4 is 32.7 Å². The molecule has 0 heterocycles. The van der Waals surface area contributed by atoms with Crippen LogP contribution in [0.25, 0.3) is 0 Å². The molecular formula is C4H6O8S2. The summed E-state index contributed by atoms with van der Waals surface area (Å²) in [6.07, 6.45) is -4.91. The number of aliphatic hydroxyl groups is 1. The van der Waals surface area contributed by atoms with Crippen LogP contribution in [0.5, 0.6) is 0 Å². The maximum Gasteiger partial charge on any atom is 0.337 e. The fraction of sp³-hybridized carbons (Fsp3) is 0.500. The van der Waals surface area contributed by atoms with Crippen molar-refractivity contribution in [1.29, 1.82) is 0 Å². The summed E-state index contributed by atoms with van der Waals surface area (Å²) in [6.45, 7) is 0. The minimum atomic E-state index is -4.46. The van der Waals surface area contributed by atoms with Crippen LogP contribution in [0.3, 0.4) is 0 Å². The summed E-state index contributed by atoms with van der Waals surface area (Å²) >= 11 is 2.83. The van der Waals surface area contributed by atoms with Crippen molar-refractivity contribution in [2.45, 2.75) is 12.2 Å². The van der Waals surface area contributed by atoms with E-state index in [9.17, 15) is 18.0 Å². The Bertz CT molecular complexity index is 331. The molecular weight excluding hydrogens is 240 g/mol. The van der Waals surface area contributed by atoms with Crippen molar-refractivity contribution in [3.63, 3.8) is 0 Å². The molecule has 10 heteroatoms. The molecule has 0 rings (SSSR count). The van der Waals surface area contributed by atoms with Crippen LogP contribution >= 0.6 is 11.7 Å². The monoisotopic (exact) mass is 246 g/mol. The Morgan fingerprint density at radius 1 is 1.21 bits per heavy atom. The molecule has 0 amide bonds. The SMILES string of the molecule is O=C(O)C(O)C(OS(=O)(=O)S)C(=O)O. The van der Waals surface area contributed by atoms with E-state index in [-0.39, 0.29) is 0 Å². The summed E-state index contributed by atoms with van der Waals surface area (Å²) in [6, 6.07) is 0. The maximum atomic E-state index is 10.3. The summed E-state index contributed by atoms with van der Waals surface area (Å²) in [5.74, 6) is -3.85. The van der Waals surface area contributed by atoms with Crippen LogP contribution in [0.1, 0.15) is 0 Å². The zero-order valence-electron chi connectivity index (χ0n) is 6.39. The van der Waals surface area contributed by atoms with E-state index in [2.05, 4.69) is 15.8 Å². The Morgan fingerprint density at radius 3 is 1.86 bits per heavy atom. The molecule has 0 spiro atoms. The van der Waals surface area contributed by atoms with Gasteiger partial charge in [-0.2, -0.15) is 8.42 Å². The smallest absolute Gasteiger partial charge is 0.337 e. The average molecular weight is 246 g/mol. The number of carboxylic acids is 2. The number of hydrogen-bond donors (Lipinski definition) is 4. The van der Waals surface area contributed by atoms with Crippen LogP contribution in [-0.2, 0) is 22.9 Å². The molecule has 14 heavy (non-hydrogen) atoms. The highest BCUT2D eigenvalue weighted by Gasteiger charge is 2.36. The van der Waals surface area contributed by atoms with Crippen LogP contribution in [-0.4, -0.2) is 47.9 Å². The minimum absolute atomic E-state index is 1.92. The number of carboxylic acid groups (broad SMARTS) is 2. The van der Waals surface area contributed by atoms with Gasteiger partial charge in [0.2, 0.25) is 6.10 Å². The van der Waals surface area contributed by atoms with E-state index >= 15 is 0 Å². The van der Waals surface area contributed by atoms with Crippen molar-refractivity contribution in [3.05, 3.63) is 0 Å². The number of aliphatic hydroxyl groups excluding tert-OH is 1. The first kappa shape index (κ1) is 13.2. The molecule has 0 aromatic rings. The standard InChI is InChI=1S/C4H6O8S2/c5-1(3(6)7)2(4(8)9)12-14(10,11)13/h1-2,5H,(H,6,7)(H,8,9)(H,10,11,13). The lowest BCUT2D eigenvalue weighted by molar-refractivity contribution is -0.163. The number of carbonyl (C=O) groups is 2. The Labute approximate surface area is 83.0 Å². The molecule has 0 aromatic carbocycles. The summed E-state index contributed by atoms with van der Waals surface area (Å²) < 4.78 is 24.4. The Balaban J connectivity index is 4.79. The van der Waals surface area contributed by atoms with E-state index in [0.29, 0.717) is 0 Å². The molecule has 0 radical (unpaired) electrons. The molecule has 0 bridgehead atoms. The van der Waals surface area contributed by atoms with Crippen molar-refractivity contribution in [2.24, 2.45) is 0 Å². The first-order valence-corrected chi connectivity index (χ1v) is 5.40. The topological polar surface area (TPSA) is 138 Å². The molecule has 82 valence electrons. The summed E-state index contributed by atoms with van der Waals surface area (Å²) in [5.41, 5.74) is 0. The number of thiol groups is 1. The fourth-order valence-electron chi connectivity index (χ4n) is 0.489. The van der Waals surface area contributed by atoms with Gasteiger partial charge in [0, 0.05) is 0 Å². The second kappa shape index (κ2) is 4.59. The summed E-state index contributed by atoms with van der Waals surface area (Å²) in [4.78, 5) is 20.4. The molecule has 0 aliphatic rings. The third kappa shape index (κ3) is 4.41. The van der Waals surface area contributed by atoms with Crippen LogP contribution in [0, 0.1) is 0 Å². The molecule has 0 fully saturated rings. The van der Waals surface area contributed by atoms with E-state index in [1.54, 1.807) is 0 Å². The van der Waals surface area contributed by atoms with Gasteiger partial charge >= 0.3 is 21.1 Å². The fourth-order valence-corrected chi connectivity index (χ4v) is 1.22. The maximum absolute atomic E-state index is 10.3. The van der Waals surface area contributed by atoms with E-state index in [1.807, 2.05) is 0 Å². The summed E-state index contributed by atoms with van der Waals surface area (Å²) in [5, 5.41) is 25.2. The van der Waals surface area contributed by atoms with Gasteiger partial charge in [0.05, 0.1) is 0 Å². The second-order valence-corrected chi connectivity index (χ2v) is 4.46. The molecule has 0 aliphatic carbocycles. The van der Waals surface area contributed by atoms with Gasteiger partial charge < -0.3 is 15.3 Å². The molecule has 0 aliphatic heterocycles. The predicted octanol–water partition coefficient (Wildman–Crippen LogP) is -1.92. The highest BCUT2D eigenvalue weighted by molar-refractivity contribution is 8.61. The van der Waals surface area contributed by atoms with Crippen LogP contribution in [0.4, 0.5) is 0 Å². The number of rotatable bonds is 5.